The highest BCUT2D eigenvalue weighted by molar-refractivity contribution is 5.81. The summed E-state index contributed by atoms with van der Waals surface area (Å²) in [6.45, 7) is -2.15. The Hall–Kier alpha value is -1.67. The number of ether oxygens (including phenoxy) is 9. The molecule has 0 aromatic heterocycles. The molecule has 7 rings (SSSR count). The van der Waals surface area contributed by atoms with Gasteiger partial charge >= 0.3 is 5.97 Å². The van der Waals surface area contributed by atoms with Crippen LogP contribution in [-0.2, 0) is 42.7 Å². The van der Waals surface area contributed by atoms with E-state index in [1.54, 1.807) is 0 Å². The molecular formula is C43H71O24+. The van der Waals surface area contributed by atoms with E-state index in [-0.39, 0.29) is 37.5 Å². The molecule has 4 saturated heterocycles. The van der Waals surface area contributed by atoms with E-state index >= 15 is 0 Å². The van der Waals surface area contributed by atoms with Crippen LogP contribution in [0.5, 0.6) is 0 Å². The minimum atomic E-state index is -1.95. The molecule has 24 heteroatoms. The molecule has 24 nitrogen and oxygen atoms in total. The van der Waals surface area contributed by atoms with Gasteiger partial charge in [-0.1, -0.05) is 6.08 Å². The number of aliphatic hydroxyl groups excluding tert-OH is 14. The van der Waals surface area contributed by atoms with E-state index in [1.165, 1.54) is 13.2 Å². The summed E-state index contributed by atoms with van der Waals surface area (Å²) < 4.78 is 52.8. The summed E-state index contributed by atoms with van der Waals surface area (Å²) in [6.07, 6.45) is -27.9. The highest BCUT2D eigenvalue weighted by Crippen LogP contribution is 2.44. The van der Waals surface area contributed by atoms with E-state index in [0.717, 1.165) is 6.08 Å². The Balaban J connectivity index is 1.16. The van der Waals surface area contributed by atoms with Gasteiger partial charge in [0.1, 0.15) is 86.0 Å². The van der Waals surface area contributed by atoms with Crippen molar-refractivity contribution in [2.45, 2.75) is 205 Å². The molecular weight excluding hydrogens is 900 g/mol. The van der Waals surface area contributed by atoms with E-state index in [1.807, 2.05) is 0 Å². The lowest BCUT2D eigenvalue weighted by atomic mass is 9.72. The molecule has 4 heterocycles. The first-order valence-corrected chi connectivity index (χ1v) is 23.3. The molecule has 0 aromatic rings. The number of carbonyl (C=O) groups excluding carboxylic acids is 1. The van der Waals surface area contributed by atoms with E-state index < -0.39 is 179 Å². The van der Waals surface area contributed by atoms with Crippen LogP contribution in [0.15, 0.2) is 12.2 Å². The maximum atomic E-state index is 12.9. The van der Waals surface area contributed by atoms with Crippen LogP contribution >= 0.6 is 0 Å². The number of rotatable bonds is 14. The summed E-state index contributed by atoms with van der Waals surface area (Å²) in [5, 5.41) is 149. The summed E-state index contributed by atoms with van der Waals surface area (Å²) in [5.41, 5.74) is 0. The average Bonchev–Trinajstić information content (AvgIpc) is 3.31. The summed E-state index contributed by atoms with van der Waals surface area (Å²) in [5.74, 6) is -2.00. The Kier molecular flexibility index (Phi) is 18.4. The number of esters is 1. The molecule has 0 aromatic carbocycles. The van der Waals surface area contributed by atoms with Crippen LogP contribution < -0.4 is 0 Å². The normalized spacial score (nSPS) is 51.0. The Labute approximate surface area is 386 Å². The molecule has 15 N–H and O–H groups in total. The minimum Gasteiger partial charge on any atom is -0.460 e. The Morgan fingerprint density at radius 2 is 1.18 bits per heavy atom. The van der Waals surface area contributed by atoms with Crippen molar-refractivity contribution in [2.75, 3.05) is 26.9 Å². The SMILES string of the molecule is COC1CC(C2[OH+]C3CC(O)CC(O[C@@H]4O[C@H](CO)[C@@H](O)[C@H](O)[C@H]4O)C3CC2O[C@@H]2O[C@H](COC(=O)C=CC3CCC(O)C(O)C3)[C@@H](O)[C@H](O)[C@H]2O[C@@H]2O[C@H](CO)[C@@H](O)[C@H](O)[C@H]2O)CCC1O. The zero-order valence-corrected chi connectivity index (χ0v) is 37.1. The van der Waals surface area contributed by atoms with Gasteiger partial charge in [0.2, 0.25) is 0 Å². The van der Waals surface area contributed by atoms with Gasteiger partial charge in [0.25, 0.3) is 0 Å². The summed E-state index contributed by atoms with van der Waals surface area (Å²) in [7, 11) is 1.47. The Bertz CT molecular complexity index is 1590. The second-order valence-corrected chi connectivity index (χ2v) is 19.2. The number of methoxy groups -OCH3 is 1. The van der Waals surface area contributed by atoms with Gasteiger partial charge in [-0.25, -0.2) is 4.79 Å². The third kappa shape index (κ3) is 12.0. The third-order valence-electron chi connectivity index (χ3n) is 14.8. The third-order valence-corrected chi connectivity index (χ3v) is 14.8. The fourth-order valence-electron chi connectivity index (χ4n) is 10.8. The van der Waals surface area contributed by atoms with Gasteiger partial charge in [-0.05, 0) is 50.9 Å². The first kappa shape index (κ1) is 53.1. The number of fused-ring (bicyclic) bond motifs is 1. The van der Waals surface area contributed by atoms with Crippen LogP contribution in [0.2, 0.25) is 0 Å². The monoisotopic (exact) mass is 971 g/mol. The van der Waals surface area contributed by atoms with Crippen LogP contribution in [0.3, 0.4) is 0 Å². The molecule has 3 aliphatic carbocycles. The van der Waals surface area contributed by atoms with Crippen molar-refractivity contribution >= 4 is 5.97 Å². The lowest BCUT2D eigenvalue weighted by molar-refractivity contribution is -0.390. The standard InChI is InChI=1S/C43H70O24/c1-59-25-9-17(4-6-21(25)48)39-26(12-19-23(61-39)10-18(46)11-24(19)62-41-37(57)34(54)31(51)27(13-44)64-41)63-43-40(67-42-38(58)35(55)32(52)28(14-45)65-42)36(56)33(53)29(66-43)15-60-30(50)7-3-16-2-5-20(47)22(49)8-16/h3,7,16-29,31-49,51-58H,2,4-6,8-15H2,1H3/p+1/t16?,17?,18?,19?,20?,21?,22?,23?,24?,25?,26?,27-,28-,29-,31-,32-,33-,34+,35+,36+,37-,38-,39?,40-,41-,42+,43-/m1/s1. The lowest BCUT2D eigenvalue weighted by Crippen LogP contribution is -2.66. The number of allylic oxidation sites excluding steroid dienone is 1. The Morgan fingerprint density at radius 1 is 0.582 bits per heavy atom. The average molecular weight is 972 g/mol. The molecule has 67 heavy (non-hydrogen) atoms. The van der Waals surface area contributed by atoms with Crippen LogP contribution in [0.25, 0.3) is 0 Å². The first-order chi connectivity index (χ1) is 31.9. The number of aliphatic hydroxyl groups is 16. The number of hydrogen-bond acceptors (Lipinski definition) is 23. The van der Waals surface area contributed by atoms with Crippen LogP contribution in [0.4, 0.5) is 0 Å². The van der Waals surface area contributed by atoms with Crippen molar-refractivity contribution in [3.63, 3.8) is 0 Å². The zero-order chi connectivity index (χ0) is 48.4. The predicted octanol–water partition coefficient (Wildman–Crippen LogP) is -6.57. The molecule has 27 atom stereocenters. The van der Waals surface area contributed by atoms with E-state index in [9.17, 15) is 76.3 Å². The van der Waals surface area contributed by atoms with Crippen molar-refractivity contribution in [3.05, 3.63) is 12.2 Å². The smallest absolute Gasteiger partial charge is 0.330 e. The van der Waals surface area contributed by atoms with Crippen molar-refractivity contribution < 1.29 is 119 Å². The molecule has 0 spiro atoms. The van der Waals surface area contributed by atoms with E-state index in [4.69, 9.17) is 42.6 Å². The second kappa shape index (κ2) is 23.3. The highest BCUT2D eigenvalue weighted by atomic mass is 16.8. The van der Waals surface area contributed by atoms with Gasteiger partial charge in [-0.3, -0.25) is 0 Å². The molecule has 3 saturated carbocycles. The fourth-order valence-corrected chi connectivity index (χ4v) is 10.8. The number of carbonyl (C=O) groups is 1. The van der Waals surface area contributed by atoms with Gasteiger partial charge < -0.3 is 114 Å². The van der Waals surface area contributed by atoms with Crippen molar-refractivity contribution in [3.8, 4) is 0 Å². The van der Waals surface area contributed by atoms with Crippen LogP contribution in [0, 0.1) is 17.8 Å². The maximum Gasteiger partial charge on any atom is 0.330 e. The zero-order valence-electron chi connectivity index (χ0n) is 37.1. The van der Waals surface area contributed by atoms with Gasteiger partial charge in [0, 0.05) is 31.9 Å². The molecule has 12 unspecified atom stereocenters. The fraction of sp³-hybridized carbons (Fsp3) is 0.930. The molecule has 7 aliphatic rings. The number of hydrogen-bond donors (Lipinski definition) is 14. The largest absolute Gasteiger partial charge is 0.460 e. The van der Waals surface area contributed by atoms with Crippen molar-refractivity contribution in [2.24, 2.45) is 17.8 Å². The predicted molar refractivity (Wildman–Crippen MR) is 220 cm³/mol. The second-order valence-electron chi connectivity index (χ2n) is 19.2. The minimum absolute atomic E-state index is 0.00329. The summed E-state index contributed by atoms with van der Waals surface area (Å²) >= 11 is 0. The maximum absolute atomic E-state index is 12.9. The van der Waals surface area contributed by atoms with Gasteiger partial charge in [0.05, 0.1) is 55.8 Å². The molecule has 0 amide bonds. The summed E-state index contributed by atoms with van der Waals surface area (Å²) in [6, 6.07) is 0. The lowest BCUT2D eigenvalue weighted by Gasteiger charge is -2.51. The Morgan fingerprint density at radius 3 is 1.81 bits per heavy atom. The molecule has 0 bridgehead atoms. The summed E-state index contributed by atoms with van der Waals surface area (Å²) in [4.78, 5) is 12.9. The van der Waals surface area contributed by atoms with Crippen molar-refractivity contribution in [1.29, 1.82) is 0 Å². The van der Waals surface area contributed by atoms with E-state index in [0.29, 0.717) is 32.1 Å². The van der Waals surface area contributed by atoms with Crippen LogP contribution in [0.1, 0.15) is 57.8 Å². The van der Waals surface area contributed by atoms with Gasteiger partial charge in [-0.15, -0.1) is 0 Å². The molecule has 386 valence electrons. The first-order valence-electron chi connectivity index (χ1n) is 23.3. The van der Waals surface area contributed by atoms with Gasteiger partial charge in [0.15, 0.2) is 31.1 Å². The van der Waals surface area contributed by atoms with Crippen LogP contribution in [-0.4, -0.2) is 256 Å². The topological polar surface area (TPSA) is 387 Å². The van der Waals surface area contributed by atoms with Gasteiger partial charge in [-0.2, -0.15) is 0 Å². The molecule has 7 fully saturated rings. The highest BCUT2D eigenvalue weighted by Gasteiger charge is 2.58. The molecule has 4 aliphatic heterocycles. The van der Waals surface area contributed by atoms with Crippen molar-refractivity contribution in [1.82, 2.24) is 0 Å². The molecule has 0 radical (unpaired) electrons. The van der Waals surface area contributed by atoms with E-state index in [2.05, 4.69) is 0 Å². The quantitative estimate of drug-likeness (QED) is 0.0437.